The van der Waals surface area contributed by atoms with Crippen molar-refractivity contribution in [2.75, 3.05) is 6.54 Å². The molecule has 1 aromatic heterocycles. The van der Waals surface area contributed by atoms with Crippen LogP contribution in [0.25, 0.3) is 0 Å². The van der Waals surface area contributed by atoms with Crippen LogP contribution in [0.4, 0.5) is 0 Å². The second kappa shape index (κ2) is 4.67. The largest absolute Gasteiger partial charge is 0.362 e. The van der Waals surface area contributed by atoms with Gasteiger partial charge in [-0.05, 0) is 39.2 Å². The molecule has 0 aliphatic heterocycles. The number of carbonyl (C=O) groups is 1. The lowest BCUT2D eigenvalue weighted by Crippen LogP contribution is -2.30. The summed E-state index contributed by atoms with van der Waals surface area (Å²) >= 11 is 0. The standard InChI is InChI=1S/C14H18N2O/c1-4-7-15-8-11-5-6-12-13(14(11)17)9(2)10(3)16-12/h11,15-16H,5-6,8H2,1-3H3/t11-/m0/s1. The quantitative estimate of drug-likeness (QED) is 0.602. The van der Waals surface area contributed by atoms with Crippen LogP contribution in [0.5, 0.6) is 0 Å². The molecule has 0 aromatic carbocycles. The SMILES string of the molecule is CC#CNC[C@@H]1CCc2[nH]c(C)c(C)c2C1=O. The fourth-order valence-corrected chi connectivity index (χ4v) is 2.43. The first kappa shape index (κ1) is 11.8. The highest BCUT2D eigenvalue weighted by Gasteiger charge is 2.30. The summed E-state index contributed by atoms with van der Waals surface area (Å²) in [7, 11) is 0. The second-order valence-corrected chi connectivity index (χ2v) is 4.58. The van der Waals surface area contributed by atoms with Gasteiger partial charge in [0.1, 0.15) is 0 Å². The first-order valence-corrected chi connectivity index (χ1v) is 6.02. The zero-order valence-corrected chi connectivity index (χ0v) is 10.6. The molecule has 0 saturated heterocycles. The Bertz CT molecular complexity index is 502. The number of nitrogens with one attached hydrogen (secondary N) is 2. The minimum absolute atomic E-state index is 0.0669. The number of rotatable bonds is 2. The third-order valence-corrected chi connectivity index (χ3v) is 3.50. The smallest absolute Gasteiger partial charge is 0.169 e. The monoisotopic (exact) mass is 230 g/mol. The fourth-order valence-electron chi connectivity index (χ4n) is 2.43. The molecule has 1 atom stereocenters. The molecule has 0 radical (unpaired) electrons. The molecule has 1 heterocycles. The summed E-state index contributed by atoms with van der Waals surface area (Å²) in [5, 5.41) is 3.00. The first-order valence-electron chi connectivity index (χ1n) is 6.02. The molecule has 1 aromatic rings. The molecular weight excluding hydrogens is 212 g/mol. The number of aryl methyl sites for hydroxylation is 2. The Balaban J connectivity index is 2.19. The normalized spacial score (nSPS) is 18.3. The van der Waals surface area contributed by atoms with E-state index in [-0.39, 0.29) is 11.7 Å². The van der Waals surface area contributed by atoms with Gasteiger partial charge in [-0.2, -0.15) is 0 Å². The van der Waals surface area contributed by atoms with Crippen molar-refractivity contribution in [1.82, 2.24) is 10.3 Å². The summed E-state index contributed by atoms with van der Waals surface area (Å²) in [6.45, 7) is 6.48. The van der Waals surface area contributed by atoms with Crippen molar-refractivity contribution in [3.05, 3.63) is 22.5 Å². The summed E-state index contributed by atoms with van der Waals surface area (Å²) in [6.07, 6.45) is 1.87. The van der Waals surface area contributed by atoms with Crippen molar-refractivity contribution in [3.8, 4) is 12.0 Å². The van der Waals surface area contributed by atoms with Gasteiger partial charge < -0.3 is 10.3 Å². The van der Waals surface area contributed by atoms with E-state index in [1.54, 1.807) is 6.92 Å². The van der Waals surface area contributed by atoms with Gasteiger partial charge in [-0.25, -0.2) is 0 Å². The highest BCUT2D eigenvalue weighted by molar-refractivity contribution is 6.01. The Morgan fingerprint density at radius 2 is 2.24 bits per heavy atom. The van der Waals surface area contributed by atoms with Gasteiger partial charge in [0, 0.05) is 35.5 Å². The molecule has 1 aliphatic carbocycles. The maximum Gasteiger partial charge on any atom is 0.169 e. The van der Waals surface area contributed by atoms with Crippen LogP contribution < -0.4 is 5.32 Å². The molecule has 0 fully saturated rings. The predicted octanol–water partition coefficient (Wildman–Crippen LogP) is 1.95. The molecule has 0 saturated carbocycles. The number of hydrogen-bond donors (Lipinski definition) is 2. The van der Waals surface area contributed by atoms with E-state index < -0.39 is 0 Å². The average Bonchev–Trinajstić information content (AvgIpc) is 2.59. The van der Waals surface area contributed by atoms with Gasteiger partial charge in [-0.1, -0.05) is 5.92 Å². The van der Waals surface area contributed by atoms with E-state index >= 15 is 0 Å². The summed E-state index contributed by atoms with van der Waals surface area (Å²) in [5.74, 6) is 3.11. The number of ketones is 1. The number of carbonyl (C=O) groups excluding carboxylic acids is 1. The number of hydrogen-bond acceptors (Lipinski definition) is 2. The van der Waals surface area contributed by atoms with Crippen molar-refractivity contribution >= 4 is 5.78 Å². The van der Waals surface area contributed by atoms with Crippen LogP contribution in [0.3, 0.4) is 0 Å². The van der Waals surface area contributed by atoms with Gasteiger partial charge >= 0.3 is 0 Å². The lowest BCUT2D eigenvalue weighted by molar-refractivity contribution is 0.0903. The Hall–Kier alpha value is -1.69. The van der Waals surface area contributed by atoms with Crippen molar-refractivity contribution in [2.45, 2.75) is 33.6 Å². The van der Waals surface area contributed by atoms with Crippen molar-refractivity contribution < 1.29 is 4.79 Å². The van der Waals surface area contributed by atoms with E-state index in [1.807, 2.05) is 13.8 Å². The van der Waals surface area contributed by atoms with E-state index in [9.17, 15) is 4.79 Å². The minimum Gasteiger partial charge on any atom is -0.362 e. The molecule has 0 spiro atoms. The molecule has 0 unspecified atom stereocenters. The zero-order valence-electron chi connectivity index (χ0n) is 10.6. The van der Waals surface area contributed by atoms with Crippen LogP contribution in [0.1, 0.15) is 40.7 Å². The van der Waals surface area contributed by atoms with Gasteiger partial charge in [0.05, 0.1) is 0 Å². The summed E-state index contributed by atoms with van der Waals surface area (Å²) < 4.78 is 0. The van der Waals surface area contributed by atoms with Crippen LogP contribution in [0.2, 0.25) is 0 Å². The molecule has 90 valence electrons. The molecule has 0 amide bonds. The van der Waals surface area contributed by atoms with Crippen molar-refractivity contribution in [3.63, 3.8) is 0 Å². The maximum absolute atomic E-state index is 12.3. The van der Waals surface area contributed by atoms with Crippen LogP contribution in [0, 0.1) is 31.7 Å². The molecular formula is C14H18N2O. The predicted molar refractivity (Wildman–Crippen MR) is 67.9 cm³/mol. The summed E-state index contributed by atoms with van der Waals surface area (Å²) in [4.78, 5) is 15.7. The summed E-state index contributed by atoms with van der Waals surface area (Å²) in [6, 6.07) is 2.80. The number of aromatic amines is 1. The molecule has 0 bridgehead atoms. The van der Waals surface area contributed by atoms with E-state index in [2.05, 4.69) is 22.3 Å². The Labute approximate surface area is 102 Å². The Morgan fingerprint density at radius 3 is 2.94 bits per heavy atom. The second-order valence-electron chi connectivity index (χ2n) is 4.58. The highest BCUT2D eigenvalue weighted by Crippen LogP contribution is 2.29. The molecule has 17 heavy (non-hydrogen) atoms. The van der Waals surface area contributed by atoms with Gasteiger partial charge in [-0.15, -0.1) is 0 Å². The Kier molecular flexibility index (Phi) is 3.23. The van der Waals surface area contributed by atoms with Crippen LogP contribution >= 0.6 is 0 Å². The number of Topliss-reactive ketones (excluding diaryl/α,β-unsaturated/α-hetero) is 1. The van der Waals surface area contributed by atoms with Gasteiger partial charge in [0.15, 0.2) is 5.78 Å². The minimum atomic E-state index is 0.0669. The number of aromatic nitrogens is 1. The van der Waals surface area contributed by atoms with Crippen molar-refractivity contribution in [1.29, 1.82) is 0 Å². The highest BCUT2D eigenvalue weighted by atomic mass is 16.1. The molecule has 2 N–H and O–H groups in total. The molecule has 3 nitrogen and oxygen atoms in total. The lowest BCUT2D eigenvalue weighted by Gasteiger charge is -2.20. The van der Waals surface area contributed by atoms with E-state index in [4.69, 9.17) is 0 Å². The first-order chi connectivity index (χ1) is 8.15. The zero-order chi connectivity index (χ0) is 12.4. The topological polar surface area (TPSA) is 44.9 Å². The van der Waals surface area contributed by atoms with E-state index in [1.165, 1.54) is 0 Å². The van der Waals surface area contributed by atoms with Gasteiger partial charge in [-0.3, -0.25) is 4.79 Å². The molecule has 1 aliphatic rings. The third kappa shape index (κ3) is 2.08. The molecule has 3 heteroatoms. The van der Waals surface area contributed by atoms with Gasteiger partial charge in [0.2, 0.25) is 0 Å². The Morgan fingerprint density at radius 1 is 1.47 bits per heavy atom. The third-order valence-electron chi connectivity index (χ3n) is 3.50. The van der Waals surface area contributed by atoms with Crippen LogP contribution in [0.15, 0.2) is 0 Å². The average molecular weight is 230 g/mol. The maximum atomic E-state index is 12.3. The lowest BCUT2D eigenvalue weighted by atomic mass is 9.84. The van der Waals surface area contributed by atoms with E-state index in [0.717, 1.165) is 35.4 Å². The van der Waals surface area contributed by atoms with Crippen LogP contribution in [-0.2, 0) is 6.42 Å². The van der Waals surface area contributed by atoms with Crippen molar-refractivity contribution in [2.24, 2.45) is 5.92 Å². The number of fused-ring (bicyclic) bond motifs is 1. The number of H-pyrrole nitrogens is 1. The molecule has 2 rings (SSSR count). The van der Waals surface area contributed by atoms with Crippen LogP contribution in [-0.4, -0.2) is 17.3 Å². The van der Waals surface area contributed by atoms with E-state index in [0.29, 0.717) is 6.54 Å². The fraction of sp³-hybridized carbons (Fsp3) is 0.500. The van der Waals surface area contributed by atoms with Gasteiger partial charge in [0.25, 0.3) is 0 Å². The summed E-state index contributed by atoms with van der Waals surface area (Å²) in [5.41, 5.74) is 4.26.